The third-order valence-corrected chi connectivity index (χ3v) is 2.32. The maximum Gasteiger partial charge on any atom is 0.0983 e. The van der Waals surface area contributed by atoms with E-state index in [-0.39, 0.29) is 18.8 Å². The van der Waals surface area contributed by atoms with Gasteiger partial charge in [-0.3, -0.25) is 0 Å². The average Bonchev–Trinajstić information content (AvgIpc) is 2.31. The van der Waals surface area contributed by atoms with E-state index in [1.165, 1.54) is 0 Å². The Morgan fingerprint density at radius 3 is 2.56 bits per heavy atom. The number of rotatable bonds is 7. The Labute approximate surface area is 96.0 Å². The van der Waals surface area contributed by atoms with E-state index in [2.05, 4.69) is 0 Å². The largest absolute Gasteiger partial charge is 0.394 e. The lowest BCUT2D eigenvalue weighted by Crippen LogP contribution is -2.42. The maximum absolute atomic E-state index is 9.14. The molecule has 1 aromatic rings. The van der Waals surface area contributed by atoms with E-state index in [1.807, 2.05) is 30.3 Å². The molecular formula is C12H19NO3. The number of aliphatic hydroxyl groups excluding tert-OH is 1. The zero-order valence-corrected chi connectivity index (χ0v) is 9.50. The fourth-order valence-electron chi connectivity index (χ4n) is 1.39. The van der Waals surface area contributed by atoms with Crippen molar-refractivity contribution in [3.05, 3.63) is 35.9 Å². The Bertz CT molecular complexity index is 279. The number of nitrogens with two attached hydrogens (primary N) is 1. The minimum absolute atomic E-state index is 0.0998. The number of hydrogen-bond donors (Lipinski definition) is 2. The number of hydrogen-bond acceptors (Lipinski definition) is 4. The minimum Gasteiger partial charge on any atom is -0.394 e. The summed E-state index contributed by atoms with van der Waals surface area (Å²) >= 11 is 0. The van der Waals surface area contributed by atoms with Crippen molar-refractivity contribution in [1.82, 2.24) is 0 Å². The highest BCUT2D eigenvalue weighted by molar-refractivity contribution is 5.13. The van der Waals surface area contributed by atoms with Crippen molar-refractivity contribution in [3.63, 3.8) is 0 Å². The standard InChI is InChI=1S/C12H19NO3/c1-15-9-11(13)12(7-14)16-8-10-5-3-2-4-6-10/h2-6,11-12,14H,7-9,13H2,1H3. The van der Waals surface area contributed by atoms with Crippen molar-refractivity contribution in [2.75, 3.05) is 20.3 Å². The van der Waals surface area contributed by atoms with Crippen LogP contribution >= 0.6 is 0 Å². The lowest BCUT2D eigenvalue weighted by molar-refractivity contribution is -0.0265. The quantitative estimate of drug-likeness (QED) is 0.711. The van der Waals surface area contributed by atoms with Gasteiger partial charge in [-0.1, -0.05) is 30.3 Å². The van der Waals surface area contributed by atoms with Gasteiger partial charge in [0.25, 0.3) is 0 Å². The van der Waals surface area contributed by atoms with Gasteiger partial charge in [0.15, 0.2) is 0 Å². The number of methoxy groups -OCH3 is 1. The van der Waals surface area contributed by atoms with Crippen LogP contribution in [-0.2, 0) is 16.1 Å². The van der Waals surface area contributed by atoms with Crippen molar-refractivity contribution in [3.8, 4) is 0 Å². The van der Waals surface area contributed by atoms with E-state index in [0.717, 1.165) is 5.56 Å². The third-order valence-electron chi connectivity index (χ3n) is 2.32. The van der Waals surface area contributed by atoms with Crippen LogP contribution in [0, 0.1) is 0 Å². The van der Waals surface area contributed by atoms with Crippen LogP contribution in [0.15, 0.2) is 30.3 Å². The summed E-state index contributed by atoms with van der Waals surface area (Å²) in [4.78, 5) is 0. The van der Waals surface area contributed by atoms with Crippen LogP contribution in [-0.4, -0.2) is 37.6 Å². The van der Waals surface area contributed by atoms with Gasteiger partial charge in [0.2, 0.25) is 0 Å². The van der Waals surface area contributed by atoms with Crippen molar-refractivity contribution in [2.45, 2.75) is 18.8 Å². The second kappa shape index (κ2) is 7.35. The van der Waals surface area contributed by atoms with Crippen LogP contribution in [0.5, 0.6) is 0 Å². The van der Waals surface area contributed by atoms with E-state index in [1.54, 1.807) is 7.11 Å². The van der Waals surface area contributed by atoms with Crippen LogP contribution in [0.4, 0.5) is 0 Å². The number of benzene rings is 1. The molecule has 1 rings (SSSR count). The molecular weight excluding hydrogens is 206 g/mol. The summed E-state index contributed by atoms with van der Waals surface area (Å²) in [5, 5.41) is 9.14. The molecule has 0 fully saturated rings. The highest BCUT2D eigenvalue weighted by atomic mass is 16.5. The smallest absolute Gasteiger partial charge is 0.0983 e. The van der Waals surface area contributed by atoms with Crippen molar-refractivity contribution < 1.29 is 14.6 Å². The van der Waals surface area contributed by atoms with Gasteiger partial charge in [-0.2, -0.15) is 0 Å². The van der Waals surface area contributed by atoms with Gasteiger partial charge in [-0.05, 0) is 5.56 Å². The lowest BCUT2D eigenvalue weighted by atomic mass is 10.2. The zero-order chi connectivity index (χ0) is 11.8. The van der Waals surface area contributed by atoms with Gasteiger partial charge in [-0.15, -0.1) is 0 Å². The summed E-state index contributed by atoms with van der Waals surface area (Å²) < 4.78 is 10.5. The molecule has 90 valence electrons. The molecule has 0 saturated carbocycles. The Morgan fingerprint density at radius 2 is 2.00 bits per heavy atom. The predicted octanol–water partition coefficient (Wildman–Crippen LogP) is 0.538. The molecule has 16 heavy (non-hydrogen) atoms. The highest BCUT2D eigenvalue weighted by Gasteiger charge is 2.17. The summed E-state index contributed by atoms with van der Waals surface area (Å²) in [7, 11) is 1.57. The molecule has 0 saturated heterocycles. The fraction of sp³-hybridized carbons (Fsp3) is 0.500. The van der Waals surface area contributed by atoms with E-state index < -0.39 is 0 Å². The molecule has 0 radical (unpaired) electrons. The minimum atomic E-state index is -0.389. The summed E-state index contributed by atoms with van der Waals surface area (Å²) in [6, 6.07) is 9.47. The normalized spacial score (nSPS) is 14.7. The third kappa shape index (κ3) is 4.28. The molecule has 0 spiro atoms. The van der Waals surface area contributed by atoms with Gasteiger partial charge >= 0.3 is 0 Å². The van der Waals surface area contributed by atoms with Gasteiger partial charge in [0.05, 0.1) is 32.0 Å². The van der Waals surface area contributed by atoms with E-state index >= 15 is 0 Å². The van der Waals surface area contributed by atoms with Crippen LogP contribution in [0.25, 0.3) is 0 Å². The second-order valence-corrected chi connectivity index (χ2v) is 3.64. The zero-order valence-electron chi connectivity index (χ0n) is 9.50. The summed E-state index contributed by atoms with van der Waals surface area (Å²) in [6.07, 6.45) is -0.389. The summed E-state index contributed by atoms with van der Waals surface area (Å²) in [5.74, 6) is 0. The molecule has 4 nitrogen and oxygen atoms in total. The molecule has 0 heterocycles. The molecule has 2 unspecified atom stereocenters. The molecule has 0 aliphatic carbocycles. The predicted molar refractivity (Wildman–Crippen MR) is 62.0 cm³/mol. The second-order valence-electron chi connectivity index (χ2n) is 3.64. The fourth-order valence-corrected chi connectivity index (χ4v) is 1.39. The maximum atomic E-state index is 9.14. The Kier molecular flexibility index (Phi) is 6.03. The van der Waals surface area contributed by atoms with Crippen LogP contribution in [0.1, 0.15) is 5.56 Å². The van der Waals surface area contributed by atoms with Gasteiger partial charge in [-0.25, -0.2) is 0 Å². The molecule has 1 aromatic carbocycles. The monoisotopic (exact) mass is 225 g/mol. The van der Waals surface area contributed by atoms with E-state index in [4.69, 9.17) is 20.3 Å². The summed E-state index contributed by atoms with van der Waals surface area (Å²) in [6.45, 7) is 0.723. The Morgan fingerprint density at radius 1 is 1.31 bits per heavy atom. The van der Waals surface area contributed by atoms with Crippen molar-refractivity contribution in [1.29, 1.82) is 0 Å². The number of aliphatic hydroxyl groups is 1. The van der Waals surface area contributed by atoms with Crippen molar-refractivity contribution in [2.24, 2.45) is 5.73 Å². The topological polar surface area (TPSA) is 64.7 Å². The molecule has 0 bridgehead atoms. The molecule has 3 N–H and O–H groups in total. The molecule has 0 amide bonds. The first-order valence-electron chi connectivity index (χ1n) is 5.28. The number of ether oxygens (including phenoxy) is 2. The van der Waals surface area contributed by atoms with Gasteiger partial charge in [0.1, 0.15) is 0 Å². The van der Waals surface area contributed by atoms with E-state index in [9.17, 15) is 0 Å². The SMILES string of the molecule is COCC(N)C(CO)OCc1ccccc1. The molecule has 0 aliphatic heterocycles. The Hall–Kier alpha value is -0.940. The van der Waals surface area contributed by atoms with E-state index in [0.29, 0.717) is 13.2 Å². The Balaban J connectivity index is 2.39. The van der Waals surface area contributed by atoms with Gasteiger partial charge < -0.3 is 20.3 Å². The highest BCUT2D eigenvalue weighted by Crippen LogP contribution is 2.05. The average molecular weight is 225 g/mol. The van der Waals surface area contributed by atoms with Gasteiger partial charge in [0, 0.05) is 7.11 Å². The van der Waals surface area contributed by atoms with Crippen LogP contribution in [0.3, 0.4) is 0 Å². The molecule has 0 aromatic heterocycles. The van der Waals surface area contributed by atoms with Crippen LogP contribution < -0.4 is 5.73 Å². The lowest BCUT2D eigenvalue weighted by Gasteiger charge is -2.21. The molecule has 2 atom stereocenters. The summed E-state index contributed by atoms with van der Waals surface area (Å²) in [5.41, 5.74) is 6.85. The van der Waals surface area contributed by atoms with Crippen molar-refractivity contribution >= 4 is 0 Å². The molecule has 0 aliphatic rings. The van der Waals surface area contributed by atoms with Crippen LogP contribution in [0.2, 0.25) is 0 Å². The first kappa shape index (κ1) is 13.1. The molecule has 4 heteroatoms. The first-order valence-corrected chi connectivity index (χ1v) is 5.28. The first-order chi connectivity index (χ1) is 7.77.